The average Bonchev–Trinajstić information content (AvgIpc) is 3.70. The highest BCUT2D eigenvalue weighted by atomic mass is 35.5. The molecule has 4 aliphatic heterocycles. The normalized spacial score (nSPS) is 24.9. The fraction of sp³-hybridized carbons (Fsp3) is 0.469. The van der Waals surface area contributed by atoms with Crippen molar-refractivity contribution >= 4 is 49.7 Å². The van der Waals surface area contributed by atoms with E-state index in [0.29, 0.717) is 67.5 Å². The van der Waals surface area contributed by atoms with Gasteiger partial charge in [0.2, 0.25) is 0 Å². The Bertz CT molecular complexity index is 1860. The highest BCUT2D eigenvalue weighted by molar-refractivity contribution is 7.17. The summed E-state index contributed by atoms with van der Waals surface area (Å²) < 4.78 is 50.6. The minimum absolute atomic E-state index is 0.00828. The van der Waals surface area contributed by atoms with Gasteiger partial charge in [-0.05, 0) is 43.4 Å². The molecular formula is C32H30ClF2N5O3S. The maximum atomic E-state index is 17.0. The van der Waals surface area contributed by atoms with Crippen LogP contribution < -0.4 is 14.4 Å². The van der Waals surface area contributed by atoms with Crippen LogP contribution >= 0.6 is 22.9 Å². The van der Waals surface area contributed by atoms with Crippen LogP contribution in [0.2, 0.25) is 5.02 Å². The number of rotatable bonds is 4. The monoisotopic (exact) mass is 637 g/mol. The predicted octanol–water partition coefficient (Wildman–Crippen LogP) is 6.56. The van der Waals surface area contributed by atoms with Crippen molar-refractivity contribution in [3.8, 4) is 29.0 Å². The number of nitriles is 1. The molecule has 8 rings (SSSR count). The first kappa shape index (κ1) is 28.2. The lowest BCUT2D eigenvalue weighted by atomic mass is 9.92. The van der Waals surface area contributed by atoms with Crippen molar-refractivity contribution in [2.24, 2.45) is 5.92 Å². The van der Waals surface area contributed by atoms with E-state index in [1.54, 1.807) is 5.38 Å². The second-order valence-corrected chi connectivity index (χ2v) is 13.6. The van der Waals surface area contributed by atoms with Crippen LogP contribution in [0, 0.1) is 28.9 Å². The molecule has 0 radical (unpaired) electrons. The van der Waals surface area contributed by atoms with Crippen LogP contribution in [0.5, 0.6) is 11.8 Å². The minimum Gasteiger partial charge on any atom is -0.491 e. The molecule has 4 aromatic rings. The molecule has 6 heterocycles. The van der Waals surface area contributed by atoms with Crippen molar-refractivity contribution in [3.63, 3.8) is 0 Å². The van der Waals surface area contributed by atoms with Gasteiger partial charge in [-0.25, -0.2) is 8.78 Å². The number of thiophene rings is 1. The smallest absolute Gasteiger partial charge is 0.319 e. The summed E-state index contributed by atoms with van der Waals surface area (Å²) in [7, 11) is 0. The summed E-state index contributed by atoms with van der Waals surface area (Å²) in [6.07, 6.45) is 3.83. The Morgan fingerprint density at radius 2 is 2.11 bits per heavy atom. The SMILES string of the molecule is C[C@H]1CN2CCCC2(COc2nc3c4c(c(Cl)c(-c5ccc(F)c6scc(C#N)c56)c(F)c4n2)OCCC2COCCN32)C1. The number of hydrogen-bond acceptors (Lipinski definition) is 9. The molecule has 0 saturated carbocycles. The molecule has 2 aromatic heterocycles. The maximum Gasteiger partial charge on any atom is 0.319 e. The standard InChI is InChI=1S/C32H30ClF2N5O3S/c1-17-11-32(6-2-7-39(32)13-17)16-43-31-37-27-24-28(42-9-5-19-14-41-10-8-40(19)30(24)38-31)25(33)23(26(27)35)20-3-4-21(34)29-22(20)18(12-36)15-44-29/h3-4,15,17,19H,2,5-11,13-14,16H2,1H3/t17-,19?,32?/m1/s1. The van der Waals surface area contributed by atoms with Gasteiger partial charge in [0.05, 0.1) is 52.1 Å². The Morgan fingerprint density at radius 1 is 1.23 bits per heavy atom. The van der Waals surface area contributed by atoms with Gasteiger partial charge in [-0.2, -0.15) is 15.2 Å². The molecule has 3 fully saturated rings. The molecule has 0 aliphatic carbocycles. The Hall–Kier alpha value is -3.30. The van der Waals surface area contributed by atoms with Crippen molar-refractivity contribution in [1.82, 2.24) is 14.9 Å². The number of benzene rings is 2. The molecule has 2 aromatic carbocycles. The van der Waals surface area contributed by atoms with Gasteiger partial charge in [-0.15, -0.1) is 11.3 Å². The molecule has 12 heteroatoms. The van der Waals surface area contributed by atoms with Crippen molar-refractivity contribution in [3.05, 3.63) is 39.7 Å². The van der Waals surface area contributed by atoms with Crippen LogP contribution in [0.25, 0.3) is 32.1 Å². The summed E-state index contributed by atoms with van der Waals surface area (Å²) in [6.45, 7) is 6.64. The molecule has 228 valence electrons. The van der Waals surface area contributed by atoms with Gasteiger partial charge in [-0.3, -0.25) is 4.90 Å². The topological polar surface area (TPSA) is 83.7 Å². The fourth-order valence-corrected chi connectivity index (χ4v) is 9.04. The number of nitrogens with zero attached hydrogens (tertiary/aromatic N) is 5. The van der Waals surface area contributed by atoms with Crippen LogP contribution in [-0.2, 0) is 4.74 Å². The third kappa shape index (κ3) is 4.25. The third-order valence-corrected chi connectivity index (χ3v) is 11.0. The highest BCUT2D eigenvalue weighted by Crippen LogP contribution is 2.50. The maximum absolute atomic E-state index is 17.0. The van der Waals surface area contributed by atoms with Gasteiger partial charge < -0.3 is 19.1 Å². The van der Waals surface area contributed by atoms with Crippen molar-refractivity contribution in [1.29, 1.82) is 5.26 Å². The zero-order valence-electron chi connectivity index (χ0n) is 24.2. The number of halogens is 3. The largest absolute Gasteiger partial charge is 0.491 e. The van der Waals surface area contributed by atoms with Crippen LogP contribution in [-0.4, -0.2) is 72.5 Å². The predicted molar refractivity (Wildman–Crippen MR) is 165 cm³/mol. The van der Waals surface area contributed by atoms with E-state index in [9.17, 15) is 9.65 Å². The zero-order chi connectivity index (χ0) is 30.2. The molecule has 0 spiro atoms. The van der Waals surface area contributed by atoms with Gasteiger partial charge in [0.1, 0.15) is 29.8 Å². The molecule has 4 aliphatic rings. The third-order valence-electron chi connectivity index (χ3n) is 9.67. The lowest BCUT2D eigenvalue weighted by molar-refractivity contribution is 0.0850. The molecule has 3 saturated heterocycles. The summed E-state index contributed by atoms with van der Waals surface area (Å²) in [5.41, 5.74) is 0.494. The first-order valence-electron chi connectivity index (χ1n) is 15.1. The number of ether oxygens (including phenoxy) is 3. The van der Waals surface area contributed by atoms with Crippen LogP contribution in [0.1, 0.15) is 38.2 Å². The van der Waals surface area contributed by atoms with E-state index in [2.05, 4.69) is 27.8 Å². The minimum atomic E-state index is -0.700. The lowest BCUT2D eigenvalue weighted by Gasteiger charge is -2.38. The molecule has 0 bridgehead atoms. The Labute approximate surface area is 262 Å². The van der Waals surface area contributed by atoms with E-state index < -0.39 is 11.6 Å². The number of morpholine rings is 1. The summed E-state index contributed by atoms with van der Waals surface area (Å²) in [5, 5.41) is 12.1. The molecule has 3 atom stereocenters. The summed E-state index contributed by atoms with van der Waals surface area (Å²) >= 11 is 8.12. The summed E-state index contributed by atoms with van der Waals surface area (Å²) in [6, 6.07) is 4.91. The zero-order valence-corrected chi connectivity index (χ0v) is 25.7. The first-order valence-corrected chi connectivity index (χ1v) is 16.3. The lowest BCUT2D eigenvalue weighted by Crippen LogP contribution is -2.47. The van der Waals surface area contributed by atoms with E-state index >= 15 is 4.39 Å². The van der Waals surface area contributed by atoms with E-state index in [4.69, 9.17) is 30.8 Å². The van der Waals surface area contributed by atoms with Crippen molar-refractivity contribution in [2.45, 2.75) is 44.2 Å². The van der Waals surface area contributed by atoms with E-state index in [1.165, 1.54) is 12.1 Å². The van der Waals surface area contributed by atoms with Crippen molar-refractivity contribution < 1.29 is 23.0 Å². The molecule has 2 unspecified atom stereocenters. The Balaban J connectivity index is 1.35. The fourth-order valence-electron chi connectivity index (χ4n) is 7.78. The van der Waals surface area contributed by atoms with Crippen LogP contribution in [0.4, 0.5) is 14.6 Å². The molecule has 8 nitrogen and oxygen atoms in total. The molecule has 0 N–H and O–H groups in total. The van der Waals surface area contributed by atoms with Gasteiger partial charge in [-0.1, -0.05) is 24.6 Å². The Morgan fingerprint density at radius 3 is 2.98 bits per heavy atom. The number of fused-ring (bicyclic) bond motifs is 4. The van der Waals surface area contributed by atoms with Gasteiger partial charge in [0.25, 0.3) is 0 Å². The molecule has 0 amide bonds. The second-order valence-electron chi connectivity index (χ2n) is 12.4. The number of anilines is 1. The number of hydrogen-bond donors (Lipinski definition) is 0. The Kier molecular flexibility index (Phi) is 6.83. The van der Waals surface area contributed by atoms with Gasteiger partial charge in [0, 0.05) is 35.8 Å². The van der Waals surface area contributed by atoms with E-state index in [-0.39, 0.29) is 49.7 Å². The van der Waals surface area contributed by atoms with E-state index in [1.807, 2.05) is 0 Å². The van der Waals surface area contributed by atoms with Crippen molar-refractivity contribution in [2.75, 3.05) is 51.0 Å². The van der Waals surface area contributed by atoms with Crippen LogP contribution in [0.3, 0.4) is 0 Å². The van der Waals surface area contributed by atoms with Gasteiger partial charge >= 0.3 is 6.01 Å². The highest BCUT2D eigenvalue weighted by Gasteiger charge is 2.48. The molecule has 44 heavy (non-hydrogen) atoms. The summed E-state index contributed by atoms with van der Waals surface area (Å²) in [5.74, 6) is 0.149. The van der Waals surface area contributed by atoms with Gasteiger partial charge in [0.15, 0.2) is 11.6 Å². The van der Waals surface area contributed by atoms with E-state index in [0.717, 1.165) is 43.7 Å². The number of aromatic nitrogens is 2. The quantitative estimate of drug-likeness (QED) is 0.249. The summed E-state index contributed by atoms with van der Waals surface area (Å²) in [4.78, 5) is 14.2. The second kappa shape index (κ2) is 10.7. The average molecular weight is 638 g/mol. The first-order chi connectivity index (χ1) is 21.4. The molecular weight excluding hydrogens is 608 g/mol. The van der Waals surface area contributed by atoms with Crippen LogP contribution in [0.15, 0.2) is 17.5 Å².